The highest BCUT2D eigenvalue weighted by Gasteiger charge is 2.06. The van der Waals surface area contributed by atoms with Gasteiger partial charge < -0.3 is 5.32 Å². The second-order valence-corrected chi connectivity index (χ2v) is 5.06. The van der Waals surface area contributed by atoms with Crippen LogP contribution in [0.4, 0.5) is 5.13 Å². The van der Waals surface area contributed by atoms with E-state index in [-0.39, 0.29) is 0 Å². The van der Waals surface area contributed by atoms with Gasteiger partial charge in [-0.3, -0.25) is 0 Å². The van der Waals surface area contributed by atoms with Gasteiger partial charge in [0.25, 0.3) is 0 Å². The van der Waals surface area contributed by atoms with Gasteiger partial charge in [0.1, 0.15) is 5.82 Å². The van der Waals surface area contributed by atoms with Crippen LogP contribution in [0.15, 0.2) is 0 Å². The highest BCUT2D eigenvalue weighted by atomic mass is 32.1. The molecule has 1 heterocycles. The summed E-state index contributed by atoms with van der Waals surface area (Å²) < 4.78 is 4.32. The molecule has 0 fully saturated rings. The minimum absolute atomic E-state index is 0.508. The minimum atomic E-state index is 0.508. The van der Waals surface area contributed by atoms with Crippen LogP contribution in [0.25, 0.3) is 0 Å². The number of rotatable bonds is 8. The van der Waals surface area contributed by atoms with Crippen LogP contribution in [-0.4, -0.2) is 15.4 Å². The number of hydrogen-bond acceptors (Lipinski definition) is 4. The molecular weight excluding hydrogens is 218 g/mol. The van der Waals surface area contributed by atoms with Crippen molar-refractivity contribution in [3.8, 4) is 0 Å². The van der Waals surface area contributed by atoms with Gasteiger partial charge in [0.05, 0.1) is 0 Å². The van der Waals surface area contributed by atoms with Crippen molar-refractivity contribution in [2.75, 3.05) is 5.32 Å². The van der Waals surface area contributed by atoms with Crippen molar-refractivity contribution in [3.63, 3.8) is 0 Å². The van der Waals surface area contributed by atoms with E-state index in [0.29, 0.717) is 6.04 Å². The second-order valence-electron chi connectivity index (χ2n) is 4.31. The summed E-state index contributed by atoms with van der Waals surface area (Å²) in [6.45, 7) is 6.61. The maximum Gasteiger partial charge on any atom is 0.202 e. The molecule has 0 aromatic carbocycles. The van der Waals surface area contributed by atoms with Crippen molar-refractivity contribution in [1.82, 2.24) is 9.36 Å². The van der Waals surface area contributed by atoms with E-state index < -0.39 is 0 Å². The van der Waals surface area contributed by atoms with Gasteiger partial charge in [-0.25, -0.2) is 4.98 Å². The molecule has 0 aliphatic rings. The van der Waals surface area contributed by atoms with E-state index in [4.69, 9.17) is 0 Å². The summed E-state index contributed by atoms with van der Waals surface area (Å²) in [6, 6.07) is 0.508. The van der Waals surface area contributed by atoms with Crippen molar-refractivity contribution in [2.45, 2.75) is 65.3 Å². The van der Waals surface area contributed by atoms with Gasteiger partial charge in [-0.1, -0.05) is 33.1 Å². The Balaban J connectivity index is 2.28. The zero-order valence-electron chi connectivity index (χ0n) is 10.6. The third kappa shape index (κ3) is 4.92. The monoisotopic (exact) mass is 241 g/mol. The fraction of sp³-hybridized carbons (Fsp3) is 0.833. The molecule has 0 amide bonds. The molecule has 3 nitrogen and oxygen atoms in total. The van der Waals surface area contributed by atoms with E-state index in [1.165, 1.54) is 37.2 Å². The Morgan fingerprint density at radius 1 is 1.25 bits per heavy atom. The van der Waals surface area contributed by atoms with Crippen LogP contribution < -0.4 is 5.32 Å². The first-order valence-corrected chi connectivity index (χ1v) is 7.12. The lowest BCUT2D eigenvalue weighted by Crippen LogP contribution is -2.14. The first-order chi connectivity index (χ1) is 7.76. The summed E-state index contributed by atoms with van der Waals surface area (Å²) in [7, 11) is 0. The van der Waals surface area contributed by atoms with Crippen molar-refractivity contribution in [1.29, 1.82) is 0 Å². The molecule has 0 spiro atoms. The Morgan fingerprint density at radius 2 is 2.06 bits per heavy atom. The van der Waals surface area contributed by atoms with Gasteiger partial charge >= 0.3 is 0 Å². The largest absolute Gasteiger partial charge is 0.358 e. The lowest BCUT2D eigenvalue weighted by molar-refractivity contribution is 0.614. The van der Waals surface area contributed by atoms with Crippen LogP contribution in [-0.2, 0) is 6.42 Å². The number of hydrogen-bond donors (Lipinski definition) is 1. The quantitative estimate of drug-likeness (QED) is 0.702. The van der Waals surface area contributed by atoms with Gasteiger partial charge in [-0.05, 0) is 19.8 Å². The molecule has 0 radical (unpaired) electrons. The number of nitrogens with one attached hydrogen (secondary N) is 1. The van der Waals surface area contributed by atoms with Crippen LogP contribution in [0.5, 0.6) is 0 Å². The predicted molar refractivity (Wildman–Crippen MR) is 71.1 cm³/mol. The summed E-state index contributed by atoms with van der Waals surface area (Å²) >= 11 is 1.48. The molecule has 0 saturated heterocycles. The SMILES string of the molecule is CCCCCC(C)Nc1nc(CCC)ns1. The lowest BCUT2D eigenvalue weighted by Gasteiger charge is -2.11. The second kappa shape index (κ2) is 7.60. The molecule has 1 aromatic heterocycles. The zero-order chi connectivity index (χ0) is 11.8. The average Bonchev–Trinajstić information content (AvgIpc) is 2.66. The van der Waals surface area contributed by atoms with Gasteiger partial charge in [-0.15, -0.1) is 0 Å². The molecule has 1 aromatic rings. The molecule has 4 heteroatoms. The van der Waals surface area contributed by atoms with Gasteiger partial charge in [-0.2, -0.15) is 4.37 Å². The predicted octanol–water partition coefficient (Wildman–Crippen LogP) is 3.87. The normalized spacial score (nSPS) is 12.7. The van der Waals surface area contributed by atoms with Crippen LogP contribution in [0.3, 0.4) is 0 Å². The molecule has 0 bridgehead atoms. The molecule has 16 heavy (non-hydrogen) atoms. The van der Waals surface area contributed by atoms with E-state index in [1.54, 1.807) is 0 Å². The Bertz CT molecular complexity index is 286. The van der Waals surface area contributed by atoms with Gasteiger partial charge in [0, 0.05) is 24.0 Å². The minimum Gasteiger partial charge on any atom is -0.358 e. The number of nitrogens with zero attached hydrogens (tertiary/aromatic N) is 2. The highest BCUT2D eigenvalue weighted by molar-refractivity contribution is 7.09. The third-order valence-corrected chi connectivity index (χ3v) is 3.24. The standard InChI is InChI=1S/C12H23N3S/c1-4-6-7-9-10(3)13-12-14-11(8-5-2)15-16-12/h10H,4-9H2,1-3H3,(H,13,14,15). The summed E-state index contributed by atoms with van der Waals surface area (Å²) in [5, 5.41) is 4.40. The third-order valence-electron chi connectivity index (χ3n) is 2.55. The maximum atomic E-state index is 4.46. The Kier molecular flexibility index (Phi) is 6.38. The summed E-state index contributed by atoms with van der Waals surface area (Å²) in [4.78, 5) is 4.46. The topological polar surface area (TPSA) is 37.8 Å². The van der Waals surface area contributed by atoms with E-state index in [0.717, 1.165) is 23.8 Å². The molecule has 1 rings (SSSR count). The zero-order valence-corrected chi connectivity index (χ0v) is 11.4. The van der Waals surface area contributed by atoms with Crippen LogP contribution >= 0.6 is 11.5 Å². The Morgan fingerprint density at radius 3 is 2.75 bits per heavy atom. The Labute approximate surface area is 103 Å². The molecule has 0 saturated carbocycles. The van der Waals surface area contributed by atoms with Gasteiger partial charge in [0.2, 0.25) is 5.13 Å². The van der Waals surface area contributed by atoms with Crippen molar-refractivity contribution < 1.29 is 0 Å². The molecule has 1 N–H and O–H groups in total. The maximum absolute atomic E-state index is 4.46. The Hall–Kier alpha value is -0.640. The molecule has 0 aliphatic heterocycles. The van der Waals surface area contributed by atoms with E-state index in [1.807, 2.05) is 0 Å². The van der Waals surface area contributed by atoms with E-state index >= 15 is 0 Å². The highest BCUT2D eigenvalue weighted by Crippen LogP contribution is 2.15. The number of anilines is 1. The van der Waals surface area contributed by atoms with Gasteiger partial charge in [0.15, 0.2) is 0 Å². The van der Waals surface area contributed by atoms with E-state index in [9.17, 15) is 0 Å². The van der Waals surface area contributed by atoms with Crippen LogP contribution in [0.2, 0.25) is 0 Å². The molecule has 1 unspecified atom stereocenters. The van der Waals surface area contributed by atoms with Crippen LogP contribution in [0, 0.1) is 0 Å². The number of aromatic nitrogens is 2. The lowest BCUT2D eigenvalue weighted by atomic mass is 10.1. The average molecular weight is 241 g/mol. The van der Waals surface area contributed by atoms with Crippen molar-refractivity contribution in [2.24, 2.45) is 0 Å². The van der Waals surface area contributed by atoms with Crippen LogP contribution in [0.1, 0.15) is 58.7 Å². The summed E-state index contributed by atoms with van der Waals surface area (Å²) in [5.74, 6) is 0.982. The smallest absolute Gasteiger partial charge is 0.202 e. The number of aryl methyl sites for hydroxylation is 1. The molecule has 1 atom stereocenters. The first-order valence-electron chi connectivity index (χ1n) is 6.35. The first kappa shape index (κ1) is 13.4. The fourth-order valence-corrected chi connectivity index (χ4v) is 2.35. The summed E-state index contributed by atoms with van der Waals surface area (Å²) in [6.07, 6.45) is 7.22. The molecule has 92 valence electrons. The fourth-order valence-electron chi connectivity index (χ4n) is 1.62. The molecular formula is C12H23N3S. The van der Waals surface area contributed by atoms with Crippen molar-refractivity contribution >= 4 is 16.7 Å². The molecule has 0 aliphatic carbocycles. The van der Waals surface area contributed by atoms with Crippen molar-refractivity contribution in [3.05, 3.63) is 5.82 Å². The van der Waals surface area contributed by atoms with E-state index in [2.05, 4.69) is 35.4 Å². The summed E-state index contributed by atoms with van der Waals surface area (Å²) in [5.41, 5.74) is 0. The number of unbranched alkanes of at least 4 members (excludes halogenated alkanes) is 2.